The standard InChI is InChI=1S/C13H18N2O4/c1-9-5-6-10(15(18)19)7-11(9)12(17)14(4)13(2,3)8-16/h5-7,16H,8H2,1-4H3. The molecule has 0 bridgehead atoms. The molecule has 0 aliphatic heterocycles. The maximum atomic E-state index is 12.3. The molecule has 104 valence electrons. The van der Waals surface area contributed by atoms with E-state index >= 15 is 0 Å². The van der Waals surface area contributed by atoms with Gasteiger partial charge in [0.05, 0.1) is 17.1 Å². The molecule has 0 aromatic heterocycles. The molecule has 1 aromatic rings. The number of aliphatic hydroxyl groups is 1. The van der Waals surface area contributed by atoms with E-state index in [1.807, 2.05) is 0 Å². The number of aliphatic hydroxyl groups excluding tert-OH is 1. The first kappa shape index (κ1) is 15.1. The number of benzene rings is 1. The summed E-state index contributed by atoms with van der Waals surface area (Å²) < 4.78 is 0. The van der Waals surface area contributed by atoms with Crippen LogP contribution in [0.5, 0.6) is 0 Å². The Bertz CT molecular complexity index is 511. The van der Waals surface area contributed by atoms with Gasteiger partial charge in [-0.1, -0.05) is 6.07 Å². The van der Waals surface area contributed by atoms with Crippen molar-refractivity contribution < 1.29 is 14.8 Å². The molecule has 0 aliphatic rings. The zero-order chi connectivity index (χ0) is 14.8. The number of carbonyl (C=O) groups is 1. The van der Waals surface area contributed by atoms with Crippen molar-refractivity contribution >= 4 is 11.6 Å². The fourth-order valence-electron chi connectivity index (χ4n) is 1.52. The van der Waals surface area contributed by atoms with Crippen LogP contribution in [0.3, 0.4) is 0 Å². The predicted octanol–water partition coefficient (Wildman–Crippen LogP) is 1.75. The molecule has 1 amide bonds. The number of amides is 1. The van der Waals surface area contributed by atoms with Crippen LogP contribution in [0.1, 0.15) is 29.8 Å². The van der Waals surface area contributed by atoms with Gasteiger partial charge in [-0.2, -0.15) is 0 Å². The van der Waals surface area contributed by atoms with E-state index in [1.54, 1.807) is 33.9 Å². The number of hydrogen-bond donors (Lipinski definition) is 1. The second-order valence-corrected chi connectivity index (χ2v) is 5.09. The normalized spacial score (nSPS) is 11.2. The van der Waals surface area contributed by atoms with Gasteiger partial charge in [0.15, 0.2) is 0 Å². The summed E-state index contributed by atoms with van der Waals surface area (Å²) in [4.78, 5) is 23.9. The van der Waals surface area contributed by atoms with E-state index in [1.165, 1.54) is 17.0 Å². The van der Waals surface area contributed by atoms with Crippen LogP contribution in [0.25, 0.3) is 0 Å². The average molecular weight is 266 g/mol. The van der Waals surface area contributed by atoms with Gasteiger partial charge >= 0.3 is 0 Å². The highest BCUT2D eigenvalue weighted by Crippen LogP contribution is 2.21. The Balaban J connectivity index is 3.19. The highest BCUT2D eigenvalue weighted by Gasteiger charge is 2.29. The summed E-state index contributed by atoms with van der Waals surface area (Å²) in [6.07, 6.45) is 0. The molecule has 0 spiro atoms. The summed E-state index contributed by atoms with van der Waals surface area (Å²) in [5, 5.41) is 20.0. The fraction of sp³-hybridized carbons (Fsp3) is 0.462. The first-order chi connectivity index (χ1) is 8.70. The zero-order valence-electron chi connectivity index (χ0n) is 11.5. The zero-order valence-corrected chi connectivity index (χ0v) is 11.5. The summed E-state index contributed by atoms with van der Waals surface area (Å²) in [5.41, 5.74) is 0.0901. The molecule has 0 atom stereocenters. The molecule has 0 saturated carbocycles. The van der Waals surface area contributed by atoms with Gasteiger partial charge in [0.1, 0.15) is 0 Å². The van der Waals surface area contributed by atoms with E-state index < -0.39 is 10.5 Å². The molecule has 0 fully saturated rings. The highest BCUT2D eigenvalue weighted by molar-refractivity contribution is 5.96. The average Bonchev–Trinajstić information content (AvgIpc) is 2.37. The fourth-order valence-corrected chi connectivity index (χ4v) is 1.52. The quantitative estimate of drug-likeness (QED) is 0.664. The van der Waals surface area contributed by atoms with Crippen LogP contribution in [0.4, 0.5) is 5.69 Å². The number of likely N-dealkylation sites (N-methyl/N-ethyl adjacent to an activating group) is 1. The van der Waals surface area contributed by atoms with Crippen LogP contribution >= 0.6 is 0 Å². The number of rotatable bonds is 4. The van der Waals surface area contributed by atoms with Crippen molar-refractivity contribution in [1.29, 1.82) is 0 Å². The number of non-ortho nitro benzene ring substituents is 1. The Morgan fingerprint density at radius 3 is 2.53 bits per heavy atom. The van der Waals surface area contributed by atoms with Crippen LogP contribution in [0, 0.1) is 17.0 Å². The van der Waals surface area contributed by atoms with Crippen LogP contribution in [-0.2, 0) is 0 Å². The van der Waals surface area contributed by atoms with E-state index in [4.69, 9.17) is 0 Å². The van der Waals surface area contributed by atoms with Crippen LogP contribution in [0.15, 0.2) is 18.2 Å². The van der Waals surface area contributed by atoms with E-state index in [2.05, 4.69) is 0 Å². The van der Waals surface area contributed by atoms with E-state index in [9.17, 15) is 20.0 Å². The maximum Gasteiger partial charge on any atom is 0.270 e. The number of carbonyl (C=O) groups excluding carboxylic acids is 1. The summed E-state index contributed by atoms with van der Waals surface area (Å²) in [5.74, 6) is -0.347. The number of nitro groups is 1. The number of nitro benzene ring substituents is 1. The van der Waals surface area contributed by atoms with Gasteiger partial charge in [0.25, 0.3) is 11.6 Å². The molecule has 0 aliphatic carbocycles. The first-order valence-corrected chi connectivity index (χ1v) is 5.85. The second-order valence-electron chi connectivity index (χ2n) is 5.09. The van der Waals surface area contributed by atoms with Crippen LogP contribution < -0.4 is 0 Å². The van der Waals surface area contributed by atoms with Gasteiger partial charge in [-0.05, 0) is 26.3 Å². The third-order valence-electron chi connectivity index (χ3n) is 3.26. The van der Waals surface area contributed by atoms with Crippen molar-refractivity contribution in [2.24, 2.45) is 0 Å². The minimum absolute atomic E-state index is 0.121. The molecule has 0 heterocycles. The van der Waals surface area contributed by atoms with Gasteiger partial charge < -0.3 is 10.0 Å². The minimum Gasteiger partial charge on any atom is -0.394 e. The molecular formula is C13H18N2O4. The Labute approximate surface area is 111 Å². The first-order valence-electron chi connectivity index (χ1n) is 5.85. The molecule has 1 N–H and O–H groups in total. The second kappa shape index (κ2) is 5.36. The van der Waals surface area contributed by atoms with Crippen LogP contribution in [0.2, 0.25) is 0 Å². The molecular weight excluding hydrogens is 248 g/mol. The summed E-state index contributed by atoms with van der Waals surface area (Å²) >= 11 is 0. The van der Waals surface area contributed by atoms with E-state index in [0.717, 1.165) is 0 Å². The number of aryl methyl sites for hydroxylation is 1. The van der Waals surface area contributed by atoms with Gasteiger partial charge in [0, 0.05) is 24.7 Å². The molecule has 19 heavy (non-hydrogen) atoms. The lowest BCUT2D eigenvalue weighted by Gasteiger charge is -2.34. The van der Waals surface area contributed by atoms with Gasteiger partial charge in [-0.3, -0.25) is 14.9 Å². The topological polar surface area (TPSA) is 83.7 Å². The van der Waals surface area contributed by atoms with Crippen molar-refractivity contribution in [3.8, 4) is 0 Å². The van der Waals surface area contributed by atoms with Crippen molar-refractivity contribution in [2.45, 2.75) is 26.3 Å². The van der Waals surface area contributed by atoms with Gasteiger partial charge in [0.2, 0.25) is 0 Å². The highest BCUT2D eigenvalue weighted by atomic mass is 16.6. The Kier molecular flexibility index (Phi) is 4.26. The third-order valence-corrected chi connectivity index (χ3v) is 3.26. The van der Waals surface area contributed by atoms with Crippen molar-refractivity contribution in [3.63, 3.8) is 0 Å². The molecule has 0 unspecified atom stereocenters. The Morgan fingerprint density at radius 1 is 1.47 bits per heavy atom. The van der Waals surface area contributed by atoms with Gasteiger partial charge in [-0.25, -0.2) is 0 Å². The number of hydrogen-bond acceptors (Lipinski definition) is 4. The maximum absolute atomic E-state index is 12.3. The Morgan fingerprint density at radius 2 is 2.05 bits per heavy atom. The van der Waals surface area contributed by atoms with Crippen LogP contribution in [-0.4, -0.2) is 40.0 Å². The van der Waals surface area contributed by atoms with Crippen molar-refractivity contribution in [2.75, 3.05) is 13.7 Å². The SMILES string of the molecule is Cc1ccc([N+](=O)[O-])cc1C(=O)N(C)C(C)(C)CO. The van der Waals surface area contributed by atoms with Crippen molar-refractivity contribution in [1.82, 2.24) is 4.90 Å². The van der Waals surface area contributed by atoms with Gasteiger partial charge in [-0.15, -0.1) is 0 Å². The lowest BCUT2D eigenvalue weighted by molar-refractivity contribution is -0.384. The predicted molar refractivity (Wildman–Crippen MR) is 71.1 cm³/mol. The lowest BCUT2D eigenvalue weighted by atomic mass is 10.0. The molecule has 0 saturated heterocycles. The molecule has 6 nitrogen and oxygen atoms in total. The largest absolute Gasteiger partial charge is 0.394 e. The smallest absolute Gasteiger partial charge is 0.270 e. The molecule has 6 heteroatoms. The summed E-state index contributed by atoms with van der Waals surface area (Å²) in [7, 11) is 1.57. The summed E-state index contributed by atoms with van der Waals surface area (Å²) in [6, 6.07) is 4.18. The third kappa shape index (κ3) is 3.08. The molecule has 1 aromatic carbocycles. The molecule has 1 rings (SSSR count). The number of nitrogens with zero attached hydrogens (tertiary/aromatic N) is 2. The minimum atomic E-state index is -0.728. The van der Waals surface area contributed by atoms with E-state index in [-0.39, 0.29) is 23.8 Å². The molecule has 0 radical (unpaired) electrons. The Hall–Kier alpha value is -1.95. The lowest BCUT2D eigenvalue weighted by Crippen LogP contribution is -2.47. The van der Waals surface area contributed by atoms with Crippen molar-refractivity contribution in [3.05, 3.63) is 39.4 Å². The monoisotopic (exact) mass is 266 g/mol. The summed E-state index contributed by atoms with van der Waals surface area (Å²) in [6.45, 7) is 4.97. The van der Waals surface area contributed by atoms with E-state index in [0.29, 0.717) is 5.56 Å².